The lowest BCUT2D eigenvalue weighted by Crippen LogP contribution is -2.04. The molecule has 0 saturated heterocycles. The first kappa shape index (κ1) is 13.1. The highest BCUT2D eigenvalue weighted by Gasteiger charge is 2.22. The molecule has 3 rings (SSSR count). The van der Waals surface area contributed by atoms with Crippen molar-refractivity contribution < 1.29 is 4.42 Å². The van der Waals surface area contributed by atoms with Gasteiger partial charge in [-0.1, -0.05) is 30.9 Å². The van der Waals surface area contributed by atoms with Gasteiger partial charge in [0.2, 0.25) is 11.8 Å². The van der Waals surface area contributed by atoms with E-state index in [1.165, 1.54) is 19.3 Å². The summed E-state index contributed by atoms with van der Waals surface area (Å²) < 4.78 is 6.75. The molecule has 1 aliphatic rings. The van der Waals surface area contributed by atoms with Gasteiger partial charge in [-0.3, -0.25) is 0 Å². The molecule has 0 N–H and O–H groups in total. The van der Waals surface area contributed by atoms with Crippen LogP contribution in [-0.2, 0) is 0 Å². The Bertz CT molecular complexity index is 579. The van der Waals surface area contributed by atoms with E-state index in [0.717, 1.165) is 28.8 Å². The molecule has 2 aromatic rings. The fraction of sp³-hybridized carbons (Fsp3) is 0.429. The average Bonchev–Trinajstić information content (AvgIpc) is 2.92. The van der Waals surface area contributed by atoms with Crippen LogP contribution in [0.4, 0.5) is 0 Å². The molecule has 1 aliphatic carbocycles. The maximum atomic E-state index is 6.01. The van der Waals surface area contributed by atoms with Gasteiger partial charge in [0.05, 0.1) is 5.56 Å². The fourth-order valence-corrected chi connectivity index (χ4v) is 3.11. The Kier molecular flexibility index (Phi) is 3.89. The molecule has 100 valence electrons. The maximum Gasteiger partial charge on any atom is 0.248 e. The first-order valence-electron chi connectivity index (χ1n) is 6.53. The van der Waals surface area contributed by atoms with Crippen molar-refractivity contribution in [2.24, 2.45) is 0 Å². The van der Waals surface area contributed by atoms with Crippen molar-refractivity contribution in [1.29, 1.82) is 0 Å². The van der Waals surface area contributed by atoms with Crippen LogP contribution in [-0.4, -0.2) is 10.2 Å². The molecular weight excluding hydrogens is 328 g/mol. The van der Waals surface area contributed by atoms with Gasteiger partial charge in [0.1, 0.15) is 0 Å². The highest BCUT2D eigenvalue weighted by atomic mass is 79.9. The fourth-order valence-electron chi connectivity index (χ4n) is 2.52. The lowest BCUT2D eigenvalue weighted by atomic mass is 9.89. The zero-order chi connectivity index (χ0) is 13.2. The first-order chi connectivity index (χ1) is 9.24. The predicted octanol–water partition coefficient (Wildman–Crippen LogP) is 5.20. The molecule has 3 nitrogen and oxygen atoms in total. The minimum Gasteiger partial charge on any atom is -0.420 e. The van der Waals surface area contributed by atoms with Crippen LogP contribution in [0.25, 0.3) is 11.5 Å². The van der Waals surface area contributed by atoms with Gasteiger partial charge in [-0.05, 0) is 47.0 Å². The molecule has 1 fully saturated rings. The van der Waals surface area contributed by atoms with Gasteiger partial charge in [-0.25, -0.2) is 0 Å². The van der Waals surface area contributed by atoms with Gasteiger partial charge >= 0.3 is 0 Å². The van der Waals surface area contributed by atoms with Crippen LogP contribution >= 0.6 is 27.5 Å². The summed E-state index contributed by atoms with van der Waals surface area (Å²) in [5.41, 5.74) is 0.849. The van der Waals surface area contributed by atoms with E-state index in [1.807, 2.05) is 18.2 Å². The third kappa shape index (κ3) is 2.84. The number of aromatic nitrogens is 2. The summed E-state index contributed by atoms with van der Waals surface area (Å²) in [5, 5.41) is 9.03. The zero-order valence-electron chi connectivity index (χ0n) is 10.4. The van der Waals surface area contributed by atoms with E-state index < -0.39 is 0 Å². The highest BCUT2D eigenvalue weighted by molar-refractivity contribution is 9.10. The van der Waals surface area contributed by atoms with Crippen molar-refractivity contribution >= 4 is 27.5 Å². The summed E-state index contributed by atoms with van der Waals surface area (Å²) in [6.45, 7) is 0. The maximum absolute atomic E-state index is 6.01. The lowest BCUT2D eigenvalue weighted by molar-refractivity contribution is 0.367. The van der Waals surface area contributed by atoms with Gasteiger partial charge in [0.25, 0.3) is 0 Å². The molecule has 0 unspecified atom stereocenters. The molecule has 1 saturated carbocycles. The van der Waals surface area contributed by atoms with E-state index in [4.69, 9.17) is 16.0 Å². The topological polar surface area (TPSA) is 38.9 Å². The molecule has 0 bridgehead atoms. The van der Waals surface area contributed by atoms with E-state index in [1.54, 1.807) is 0 Å². The molecule has 19 heavy (non-hydrogen) atoms. The first-order valence-corrected chi connectivity index (χ1v) is 7.70. The van der Waals surface area contributed by atoms with Gasteiger partial charge in [0.15, 0.2) is 0 Å². The van der Waals surface area contributed by atoms with Gasteiger partial charge in [0, 0.05) is 15.4 Å². The number of rotatable bonds is 2. The zero-order valence-corrected chi connectivity index (χ0v) is 12.7. The van der Waals surface area contributed by atoms with Gasteiger partial charge in [-0.2, -0.15) is 0 Å². The monoisotopic (exact) mass is 340 g/mol. The van der Waals surface area contributed by atoms with E-state index in [9.17, 15) is 0 Å². The minimum absolute atomic E-state index is 0.424. The Morgan fingerprint density at radius 2 is 1.95 bits per heavy atom. The number of nitrogens with zero attached hydrogens (tertiary/aromatic N) is 2. The standard InChI is InChI=1S/C14H14BrClN2O/c15-12-7-6-10(16)8-11(12)14-18-17-13(19-14)9-4-2-1-3-5-9/h6-9H,1-5H2. The SMILES string of the molecule is Clc1ccc(Br)c(-c2nnc(C3CCCCC3)o2)c1. The normalized spacial score (nSPS) is 16.7. The Morgan fingerprint density at radius 1 is 1.16 bits per heavy atom. The summed E-state index contributed by atoms with van der Waals surface area (Å²) in [6.07, 6.45) is 6.13. The van der Waals surface area contributed by atoms with Crippen LogP contribution in [0.2, 0.25) is 5.02 Å². The van der Waals surface area contributed by atoms with Crippen molar-refractivity contribution in [1.82, 2.24) is 10.2 Å². The van der Waals surface area contributed by atoms with E-state index in [0.29, 0.717) is 16.8 Å². The third-order valence-corrected chi connectivity index (χ3v) is 4.48. The molecule has 1 aromatic heterocycles. The second kappa shape index (κ2) is 5.63. The molecule has 0 radical (unpaired) electrons. The van der Waals surface area contributed by atoms with Crippen LogP contribution in [0.1, 0.15) is 43.9 Å². The van der Waals surface area contributed by atoms with Crippen LogP contribution in [0.5, 0.6) is 0 Å². The Hall–Kier alpha value is -0.870. The van der Waals surface area contributed by atoms with Crippen molar-refractivity contribution in [2.75, 3.05) is 0 Å². The van der Waals surface area contributed by atoms with Crippen molar-refractivity contribution in [3.05, 3.63) is 33.6 Å². The summed E-state index contributed by atoms with van der Waals surface area (Å²) in [4.78, 5) is 0. The number of halogens is 2. The second-order valence-electron chi connectivity index (χ2n) is 4.90. The van der Waals surface area contributed by atoms with Crippen LogP contribution in [0.3, 0.4) is 0 Å². The molecular formula is C14H14BrClN2O. The van der Waals surface area contributed by atoms with Crippen molar-refractivity contribution in [3.8, 4) is 11.5 Å². The number of hydrogen-bond donors (Lipinski definition) is 0. The summed E-state index contributed by atoms with van der Waals surface area (Å²) in [6, 6.07) is 5.56. The van der Waals surface area contributed by atoms with Gasteiger partial charge in [-0.15, -0.1) is 10.2 Å². The number of benzene rings is 1. The van der Waals surface area contributed by atoms with Crippen LogP contribution in [0, 0.1) is 0 Å². The summed E-state index contributed by atoms with van der Waals surface area (Å²) >= 11 is 9.50. The minimum atomic E-state index is 0.424. The summed E-state index contributed by atoms with van der Waals surface area (Å²) in [5.74, 6) is 1.73. The molecule has 5 heteroatoms. The molecule has 1 aromatic carbocycles. The third-order valence-electron chi connectivity index (χ3n) is 3.55. The van der Waals surface area contributed by atoms with Crippen LogP contribution < -0.4 is 0 Å². The Morgan fingerprint density at radius 3 is 2.74 bits per heavy atom. The molecule has 0 amide bonds. The highest BCUT2D eigenvalue weighted by Crippen LogP contribution is 2.35. The van der Waals surface area contributed by atoms with Crippen LogP contribution in [0.15, 0.2) is 27.1 Å². The van der Waals surface area contributed by atoms with Crippen molar-refractivity contribution in [3.63, 3.8) is 0 Å². The molecule has 0 aliphatic heterocycles. The van der Waals surface area contributed by atoms with E-state index >= 15 is 0 Å². The second-order valence-corrected chi connectivity index (χ2v) is 6.20. The number of hydrogen-bond acceptors (Lipinski definition) is 3. The molecule has 1 heterocycles. The molecule has 0 spiro atoms. The van der Waals surface area contributed by atoms with E-state index in [2.05, 4.69) is 26.1 Å². The van der Waals surface area contributed by atoms with Crippen molar-refractivity contribution in [2.45, 2.75) is 38.0 Å². The van der Waals surface area contributed by atoms with Gasteiger partial charge < -0.3 is 4.42 Å². The lowest BCUT2D eigenvalue weighted by Gasteiger charge is -2.17. The Labute approximate surface area is 125 Å². The quantitative estimate of drug-likeness (QED) is 0.753. The van der Waals surface area contributed by atoms with E-state index in [-0.39, 0.29) is 0 Å². The molecule has 0 atom stereocenters. The smallest absolute Gasteiger partial charge is 0.248 e. The Balaban J connectivity index is 1.89. The predicted molar refractivity (Wildman–Crippen MR) is 78.3 cm³/mol. The largest absolute Gasteiger partial charge is 0.420 e. The summed E-state index contributed by atoms with van der Waals surface area (Å²) in [7, 11) is 0. The average molecular weight is 342 g/mol.